The van der Waals surface area contributed by atoms with Crippen LogP contribution in [0, 0.1) is 5.92 Å². The van der Waals surface area contributed by atoms with Crippen LogP contribution in [0.5, 0.6) is 0 Å². The van der Waals surface area contributed by atoms with Crippen LogP contribution >= 0.6 is 0 Å². The van der Waals surface area contributed by atoms with Crippen molar-refractivity contribution in [1.82, 2.24) is 0 Å². The number of carbonyl (C=O) groups is 1. The monoisotopic (exact) mass is 238 g/mol. The molecule has 94 valence electrons. The quantitative estimate of drug-likeness (QED) is 0.698. The summed E-state index contributed by atoms with van der Waals surface area (Å²) in [6.07, 6.45) is 5.80. The highest BCUT2D eigenvalue weighted by Gasteiger charge is 2.62. The Labute approximate surface area is 101 Å². The molecule has 0 radical (unpaired) electrons. The minimum Gasteiger partial charge on any atom is -0.324 e. The van der Waals surface area contributed by atoms with Gasteiger partial charge in [-0.2, -0.15) is 0 Å². The van der Waals surface area contributed by atoms with Crippen LogP contribution in [0.1, 0.15) is 45.4 Å². The van der Waals surface area contributed by atoms with Crippen LogP contribution in [-0.4, -0.2) is 29.6 Å². The molecule has 3 aliphatic heterocycles. The lowest BCUT2D eigenvalue weighted by atomic mass is 9.70. The average Bonchev–Trinajstić information content (AvgIpc) is 2.61. The fourth-order valence-corrected chi connectivity index (χ4v) is 4.31. The zero-order valence-corrected chi connectivity index (χ0v) is 10.1. The van der Waals surface area contributed by atoms with Gasteiger partial charge in [-0.1, -0.05) is 0 Å². The van der Waals surface area contributed by atoms with Crippen LogP contribution in [0.4, 0.5) is 0 Å². The lowest BCUT2D eigenvalue weighted by Crippen LogP contribution is -2.68. The predicted molar refractivity (Wildman–Crippen MR) is 58.2 cm³/mol. The average molecular weight is 238 g/mol. The van der Waals surface area contributed by atoms with Crippen molar-refractivity contribution in [2.75, 3.05) is 0 Å². The largest absolute Gasteiger partial charge is 0.324 e. The first-order chi connectivity index (χ1) is 8.07. The second-order valence-electron chi connectivity index (χ2n) is 6.13. The maximum atomic E-state index is 11.5. The van der Waals surface area contributed by atoms with E-state index < -0.39 is 5.97 Å². The van der Waals surface area contributed by atoms with Crippen molar-refractivity contribution in [1.29, 1.82) is 0 Å². The number of ketones is 1. The molecule has 2 aliphatic carbocycles. The first kappa shape index (κ1) is 10.5. The molecule has 4 bridgehead atoms. The Morgan fingerprint density at radius 3 is 2.47 bits per heavy atom. The number of ether oxygens (including phenoxy) is 3. The lowest BCUT2D eigenvalue weighted by molar-refractivity contribution is -0.514. The van der Waals surface area contributed by atoms with Crippen LogP contribution in [-0.2, 0) is 19.0 Å². The first-order valence-corrected chi connectivity index (χ1v) is 6.64. The summed E-state index contributed by atoms with van der Waals surface area (Å²) in [4.78, 5) is 11.5. The van der Waals surface area contributed by atoms with Crippen LogP contribution in [0.15, 0.2) is 0 Å². The molecule has 2 saturated carbocycles. The van der Waals surface area contributed by atoms with Gasteiger partial charge < -0.3 is 14.2 Å². The highest BCUT2D eigenvalue weighted by atomic mass is 16.9. The van der Waals surface area contributed by atoms with Gasteiger partial charge in [0.2, 0.25) is 0 Å². The Morgan fingerprint density at radius 1 is 1.24 bits per heavy atom. The number of Topliss-reactive ketones (excluding diaryl/α,β-unsaturated/α-hetero) is 1. The molecule has 5 rings (SSSR count). The summed E-state index contributed by atoms with van der Waals surface area (Å²) < 4.78 is 17.7. The van der Waals surface area contributed by atoms with E-state index in [0.717, 1.165) is 32.1 Å². The third kappa shape index (κ3) is 1.44. The molecule has 0 aromatic heterocycles. The molecule has 0 aromatic carbocycles. The molecule has 3 saturated heterocycles. The number of hydrogen-bond donors (Lipinski definition) is 0. The van der Waals surface area contributed by atoms with E-state index in [2.05, 4.69) is 0 Å². The van der Waals surface area contributed by atoms with Crippen LogP contribution < -0.4 is 0 Å². The Hall–Kier alpha value is -0.450. The van der Waals surface area contributed by atoms with Gasteiger partial charge in [-0.15, -0.1) is 0 Å². The van der Waals surface area contributed by atoms with Crippen molar-refractivity contribution in [2.45, 2.75) is 69.2 Å². The Bertz CT molecular complexity index is 364. The van der Waals surface area contributed by atoms with Gasteiger partial charge in [-0.05, 0) is 12.3 Å². The summed E-state index contributed by atoms with van der Waals surface area (Å²) in [5.41, 5.74) is -0.148. The summed E-state index contributed by atoms with van der Waals surface area (Å²) in [6, 6.07) is 0. The fourth-order valence-electron chi connectivity index (χ4n) is 4.31. The molecule has 0 spiro atoms. The zero-order chi connectivity index (χ0) is 11.7. The minimum absolute atomic E-state index is 0.148. The fraction of sp³-hybridized carbons (Fsp3) is 0.923. The van der Waals surface area contributed by atoms with Gasteiger partial charge in [0.1, 0.15) is 5.78 Å². The summed E-state index contributed by atoms with van der Waals surface area (Å²) in [6.45, 7) is 1.87. The van der Waals surface area contributed by atoms with Crippen molar-refractivity contribution in [3.05, 3.63) is 0 Å². The molecule has 17 heavy (non-hydrogen) atoms. The number of hydrogen-bond acceptors (Lipinski definition) is 4. The highest BCUT2D eigenvalue weighted by molar-refractivity contribution is 5.80. The summed E-state index contributed by atoms with van der Waals surface area (Å²) in [5, 5.41) is 0. The van der Waals surface area contributed by atoms with E-state index >= 15 is 0 Å². The van der Waals surface area contributed by atoms with Gasteiger partial charge in [0.15, 0.2) is 0 Å². The van der Waals surface area contributed by atoms with Gasteiger partial charge >= 0.3 is 0 Å². The normalized spacial score (nSPS) is 56.8. The van der Waals surface area contributed by atoms with Crippen LogP contribution in [0.25, 0.3) is 0 Å². The Kier molecular flexibility index (Phi) is 1.91. The molecule has 0 aromatic rings. The number of rotatable bonds is 1. The van der Waals surface area contributed by atoms with E-state index in [4.69, 9.17) is 14.2 Å². The third-order valence-corrected chi connectivity index (χ3v) is 4.81. The van der Waals surface area contributed by atoms with Crippen LogP contribution in [0.3, 0.4) is 0 Å². The number of carbonyl (C=O) groups excluding carboxylic acids is 1. The van der Waals surface area contributed by atoms with E-state index in [1.165, 1.54) is 0 Å². The lowest BCUT2D eigenvalue weighted by Gasteiger charge is -2.61. The SMILES string of the molecule is CC12OC3CC(CC(C4CCC(=O)C4)(C3)O1)O2. The summed E-state index contributed by atoms with van der Waals surface area (Å²) in [5.74, 6) is -0.0795. The molecule has 0 N–H and O–H groups in total. The van der Waals surface area contributed by atoms with E-state index in [9.17, 15) is 4.79 Å². The molecule has 0 amide bonds. The zero-order valence-electron chi connectivity index (χ0n) is 10.1. The predicted octanol–water partition coefficient (Wildman–Crippen LogP) is 1.77. The second kappa shape index (κ2) is 3.11. The Morgan fingerprint density at radius 2 is 1.94 bits per heavy atom. The Balaban J connectivity index is 1.67. The molecule has 4 nitrogen and oxygen atoms in total. The first-order valence-electron chi connectivity index (χ1n) is 6.64. The second-order valence-corrected chi connectivity index (χ2v) is 6.13. The molecule has 3 unspecified atom stereocenters. The van der Waals surface area contributed by atoms with Crippen molar-refractivity contribution >= 4 is 5.78 Å². The summed E-state index contributed by atoms with van der Waals surface area (Å²) >= 11 is 0. The topological polar surface area (TPSA) is 44.8 Å². The third-order valence-electron chi connectivity index (χ3n) is 4.81. The summed E-state index contributed by atoms with van der Waals surface area (Å²) in [7, 11) is 0. The standard InChI is InChI=1S/C13H18O4/c1-12-15-10-5-11(16-12)7-13(6-10,17-12)8-2-3-9(14)4-8/h8,10-11H,2-7H2,1H3. The molecule has 3 atom stereocenters. The van der Waals surface area contributed by atoms with E-state index in [1.54, 1.807) is 0 Å². The maximum absolute atomic E-state index is 11.5. The van der Waals surface area contributed by atoms with Crippen molar-refractivity contribution in [3.63, 3.8) is 0 Å². The smallest absolute Gasteiger partial charge is 0.280 e. The van der Waals surface area contributed by atoms with Gasteiger partial charge in [-0.25, -0.2) is 0 Å². The molecule has 4 heteroatoms. The molecule has 3 heterocycles. The molecular formula is C13H18O4. The molecular weight excluding hydrogens is 220 g/mol. The van der Waals surface area contributed by atoms with Crippen molar-refractivity contribution in [2.24, 2.45) is 5.92 Å². The van der Waals surface area contributed by atoms with Gasteiger partial charge in [-0.3, -0.25) is 4.79 Å². The highest BCUT2D eigenvalue weighted by Crippen LogP contribution is 2.55. The van der Waals surface area contributed by atoms with Gasteiger partial charge in [0.25, 0.3) is 5.97 Å². The molecule has 5 aliphatic rings. The van der Waals surface area contributed by atoms with Crippen molar-refractivity contribution in [3.8, 4) is 0 Å². The van der Waals surface area contributed by atoms with E-state index in [1.807, 2.05) is 6.92 Å². The van der Waals surface area contributed by atoms with Crippen LogP contribution in [0.2, 0.25) is 0 Å². The minimum atomic E-state index is -0.851. The van der Waals surface area contributed by atoms with Gasteiger partial charge in [0.05, 0.1) is 17.8 Å². The van der Waals surface area contributed by atoms with E-state index in [-0.39, 0.29) is 17.8 Å². The molecule has 5 fully saturated rings. The van der Waals surface area contributed by atoms with Crippen molar-refractivity contribution < 1.29 is 19.0 Å². The maximum Gasteiger partial charge on any atom is 0.280 e. The van der Waals surface area contributed by atoms with Gasteiger partial charge in [0, 0.05) is 39.0 Å². The van der Waals surface area contributed by atoms with E-state index in [0.29, 0.717) is 18.1 Å².